The maximum absolute atomic E-state index is 13.7. The molecular weight excluding hydrogens is 356 g/mol. The molecule has 1 unspecified atom stereocenters. The van der Waals surface area contributed by atoms with Crippen molar-refractivity contribution in [1.29, 1.82) is 0 Å². The number of amidine groups is 1. The SMILES string of the molecule is Fc1cc(C2=NC3SC=C(c4ccccc4)N3N2)c(Cl)cc1Cl. The van der Waals surface area contributed by atoms with E-state index < -0.39 is 5.82 Å². The van der Waals surface area contributed by atoms with Crippen LogP contribution in [0.1, 0.15) is 11.1 Å². The fraction of sp³-hybridized carbons (Fsp3) is 0.0625. The molecule has 116 valence electrons. The Morgan fingerprint density at radius 3 is 2.70 bits per heavy atom. The number of nitrogens with one attached hydrogen (secondary N) is 1. The molecule has 2 aliphatic heterocycles. The first-order valence-corrected chi connectivity index (χ1v) is 8.53. The first-order valence-electron chi connectivity index (χ1n) is 6.83. The van der Waals surface area contributed by atoms with Crippen LogP contribution in [0.3, 0.4) is 0 Å². The minimum atomic E-state index is -0.519. The molecule has 0 saturated heterocycles. The topological polar surface area (TPSA) is 27.6 Å². The molecule has 0 radical (unpaired) electrons. The molecule has 2 aromatic rings. The maximum atomic E-state index is 13.7. The molecular formula is C16H10Cl2FN3S. The van der Waals surface area contributed by atoms with Gasteiger partial charge in [-0.05, 0) is 12.1 Å². The van der Waals surface area contributed by atoms with E-state index in [0.717, 1.165) is 11.3 Å². The summed E-state index contributed by atoms with van der Waals surface area (Å²) in [4.78, 5) is 4.58. The van der Waals surface area contributed by atoms with E-state index in [-0.39, 0.29) is 10.5 Å². The van der Waals surface area contributed by atoms with Gasteiger partial charge in [-0.2, -0.15) is 0 Å². The predicted octanol–water partition coefficient (Wildman–Crippen LogP) is 4.73. The second-order valence-electron chi connectivity index (χ2n) is 5.04. The second-order valence-corrected chi connectivity index (χ2v) is 6.78. The number of fused-ring (bicyclic) bond motifs is 1. The number of thioether (sulfide) groups is 1. The van der Waals surface area contributed by atoms with Gasteiger partial charge in [0.15, 0.2) is 11.3 Å². The van der Waals surface area contributed by atoms with Crippen LogP contribution in [0.4, 0.5) is 4.39 Å². The number of rotatable bonds is 2. The summed E-state index contributed by atoms with van der Waals surface area (Å²) in [5.41, 5.74) is 5.67. The molecule has 4 rings (SSSR count). The van der Waals surface area contributed by atoms with Crippen LogP contribution in [0.15, 0.2) is 52.9 Å². The molecule has 1 N–H and O–H groups in total. The van der Waals surface area contributed by atoms with E-state index in [9.17, 15) is 4.39 Å². The van der Waals surface area contributed by atoms with Gasteiger partial charge in [0.05, 0.1) is 15.7 Å². The Bertz CT molecular complexity index is 839. The highest BCUT2D eigenvalue weighted by Gasteiger charge is 2.34. The first kappa shape index (κ1) is 14.9. The van der Waals surface area contributed by atoms with Gasteiger partial charge in [0.2, 0.25) is 0 Å². The Hall–Kier alpha value is -1.69. The van der Waals surface area contributed by atoms with E-state index >= 15 is 0 Å². The largest absolute Gasteiger partial charge is 0.278 e. The molecule has 3 nitrogen and oxygen atoms in total. The monoisotopic (exact) mass is 365 g/mol. The zero-order valence-electron chi connectivity index (χ0n) is 11.6. The average molecular weight is 366 g/mol. The molecule has 0 aromatic heterocycles. The van der Waals surface area contributed by atoms with Gasteiger partial charge in [-0.1, -0.05) is 65.3 Å². The van der Waals surface area contributed by atoms with Gasteiger partial charge in [-0.3, -0.25) is 10.4 Å². The van der Waals surface area contributed by atoms with Gasteiger partial charge >= 0.3 is 0 Å². The number of halogens is 3. The molecule has 2 aliphatic rings. The van der Waals surface area contributed by atoms with Gasteiger partial charge in [0.1, 0.15) is 5.82 Å². The molecule has 0 fully saturated rings. The lowest BCUT2D eigenvalue weighted by molar-refractivity contribution is 0.379. The summed E-state index contributed by atoms with van der Waals surface area (Å²) >= 11 is 13.5. The highest BCUT2D eigenvalue weighted by Crippen LogP contribution is 2.39. The molecule has 1 atom stereocenters. The third-order valence-electron chi connectivity index (χ3n) is 3.58. The summed E-state index contributed by atoms with van der Waals surface area (Å²) in [7, 11) is 0. The fourth-order valence-electron chi connectivity index (χ4n) is 2.47. The van der Waals surface area contributed by atoms with Crippen molar-refractivity contribution < 1.29 is 4.39 Å². The zero-order chi connectivity index (χ0) is 16.0. The summed E-state index contributed by atoms with van der Waals surface area (Å²) in [5, 5.41) is 4.35. The molecule has 23 heavy (non-hydrogen) atoms. The number of hydrazine groups is 1. The van der Waals surface area contributed by atoms with Gasteiger partial charge in [-0.15, -0.1) is 0 Å². The Morgan fingerprint density at radius 2 is 1.91 bits per heavy atom. The summed E-state index contributed by atoms with van der Waals surface area (Å²) in [6.45, 7) is 0. The van der Waals surface area contributed by atoms with Crippen LogP contribution in [0.2, 0.25) is 10.0 Å². The van der Waals surface area contributed by atoms with Gasteiger partial charge in [0, 0.05) is 16.5 Å². The summed E-state index contributed by atoms with van der Waals surface area (Å²) in [5.74, 6) is 0.0127. The average Bonchev–Trinajstić information content (AvgIpc) is 3.12. The predicted molar refractivity (Wildman–Crippen MR) is 93.7 cm³/mol. The Balaban J connectivity index is 1.64. The van der Waals surface area contributed by atoms with E-state index in [1.807, 2.05) is 35.3 Å². The summed E-state index contributed by atoms with van der Waals surface area (Å²) in [6, 6.07) is 12.7. The number of hydrogen-bond donors (Lipinski definition) is 1. The number of benzene rings is 2. The number of nitrogens with zero attached hydrogens (tertiary/aromatic N) is 2. The van der Waals surface area contributed by atoms with Crippen molar-refractivity contribution in [2.45, 2.75) is 5.50 Å². The minimum Gasteiger partial charge on any atom is -0.278 e. The number of hydrogen-bond acceptors (Lipinski definition) is 4. The molecule has 2 heterocycles. The minimum absolute atomic E-state index is 0.00269. The lowest BCUT2D eigenvalue weighted by Gasteiger charge is -2.21. The Labute approximate surface area is 146 Å². The third kappa shape index (κ3) is 2.59. The zero-order valence-corrected chi connectivity index (χ0v) is 14.0. The van der Waals surface area contributed by atoms with Gasteiger partial charge in [0.25, 0.3) is 0 Å². The molecule has 0 saturated carbocycles. The van der Waals surface area contributed by atoms with Crippen molar-refractivity contribution in [3.63, 3.8) is 0 Å². The summed E-state index contributed by atoms with van der Waals surface area (Å²) < 4.78 is 13.7. The van der Waals surface area contributed by atoms with Crippen molar-refractivity contribution >= 4 is 46.5 Å². The van der Waals surface area contributed by atoms with E-state index in [0.29, 0.717) is 16.4 Å². The van der Waals surface area contributed by atoms with Gasteiger partial charge in [-0.25, -0.2) is 9.38 Å². The second kappa shape index (κ2) is 5.74. The molecule has 7 heteroatoms. The van der Waals surface area contributed by atoms with Crippen molar-refractivity contribution in [3.05, 3.63) is 74.9 Å². The van der Waals surface area contributed by atoms with Crippen LogP contribution in [0.5, 0.6) is 0 Å². The lowest BCUT2D eigenvalue weighted by Crippen LogP contribution is -2.36. The van der Waals surface area contributed by atoms with E-state index in [1.54, 1.807) is 11.8 Å². The third-order valence-corrected chi connectivity index (χ3v) is 5.10. The Morgan fingerprint density at radius 1 is 1.13 bits per heavy atom. The number of aliphatic imine (C=N–C) groups is 1. The van der Waals surface area contributed by atoms with Crippen molar-refractivity contribution in [3.8, 4) is 0 Å². The maximum Gasteiger partial charge on any atom is 0.193 e. The van der Waals surface area contributed by atoms with Crippen molar-refractivity contribution in [2.75, 3.05) is 0 Å². The van der Waals surface area contributed by atoms with Crippen LogP contribution >= 0.6 is 35.0 Å². The van der Waals surface area contributed by atoms with Crippen molar-refractivity contribution in [2.24, 2.45) is 4.99 Å². The molecule has 0 aliphatic carbocycles. The highest BCUT2D eigenvalue weighted by molar-refractivity contribution is 8.03. The molecule has 0 amide bonds. The lowest BCUT2D eigenvalue weighted by atomic mass is 10.2. The molecule has 0 bridgehead atoms. The van der Waals surface area contributed by atoms with Crippen molar-refractivity contribution in [1.82, 2.24) is 10.4 Å². The van der Waals surface area contributed by atoms with E-state index in [2.05, 4.69) is 15.8 Å². The highest BCUT2D eigenvalue weighted by atomic mass is 35.5. The first-order chi connectivity index (χ1) is 11.1. The van der Waals surface area contributed by atoms with Crippen LogP contribution in [-0.2, 0) is 0 Å². The normalized spacial score (nSPS) is 19.3. The van der Waals surface area contributed by atoms with Crippen LogP contribution in [-0.4, -0.2) is 16.3 Å². The van der Waals surface area contributed by atoms with E-state index in [4.69, 9.17) is 23.2 Å². The van der Waals surface area contributed by atoms with Crippen LogP contribution < -0.4 is 5.43 Å². The molecule has 0 spiro atoms. The van der Waals surface area contributed by atoms with Crippen LogP contribution in [0.25, 0.3) is 5.70 Å². The fourth-order valence-corrected chi connectivity index (χ4v) is 3.90. The smallest absolute Gasteiger partial charge is 0.193 e. The van der Waals surface area contributed by atoms with Crippen LogP contribution in [0, 0.1) is 5.82 Å². The summed E-state index contributed by atoms with van der Waals surface area (Å²) in [6.07, 6.45) is 0. The molecule has 2 aromatic carbocycles. The van der Waals surface area contributed by atoms with E-state index in [1.165, 1.54) is 12.1 Å². The Kier molecular flexibility index (Phi) is 3.71. The standard InChI is InChI=1S/C16H10Cl2FN3S/c17-11-7-12(18)13(19)6-10(11)15-20-16-22(21-15)14(8-23-16)9-4-2-1-3-5-9/h1-8,16H,(H,20,21). The quantitative estimate of drug-likeness (QED) is 0.779. The van der Waals surface area contributed by atoms with Gasteiger partial charge < -0.3 is 0 Å².